The smallest absolute Gasteiger partial charge is 0.238 e. The molecule has 1 unspecified atom stereocenters. The fourth-order valence-corrected chi connectivity index (χ4v) is 2.48. The molecule has 0 aliphatic carbocycles. The normalized spacial score (nSPS) is 23.6. The second kappa shape index (κ2) is 5.76. The molecule has 1 atom stereocenters. The van der Waals surface area contributed by atoms with Crippen molar-refractivity contribution in [3.63, 3.8) is 0 Å². The van der Waals surface area contributed by atoms with Gasteiger partial charge >= 0.3 is 0 Å². The maximum atomic E-state index is 13.0. The average molecular weight is 281 g/mol. The summed E-state index contributed by atoms with van der Waals surface area (Å²) in [6, 6.07) is 4.08. The lowest BCUT2D eigenvalue weighted by Crippen LogP contribution is -2.48. The lowest BCUT2D eigenvalue weighted by Gasteiger charge is -2.36. The predicted molar refractivity (Wildman–Crippen MR) is 75.7 cm³/mol. The molecular formula is C14H20FN3O2. The second-order valence-electron chi connectivity index (χ2n) is 5.60. The van der Waals surface area contributed by atoms with Crippen LogP contribution >= 0.6 is 0 Å². The van der Waals surface area contributed by atoms with Gasteiger partial charge in [-0.1, -0.05) is 0 Å². The van der Waals surface area contributed by atoms with Crippen molar-refractivity contribution in [2.75, 3.05) is 30.7 Å². The van der Waals surface area contributed by atoms with Gasteiger partial charge in [0, 0.05) is 12.2 Å². The summed E-state index contributed by atoms with van der Waals surface area (Å²) in [5.41, 5.74) is 5.18. The summed E-state index contributed by atoms with van der Waals surface area (Å²) in [6.45, 7) is 3.24. The number of aliphatic hydroxyl groups is 1. The Labute approximate surface area is 117 Å². The third kappa shape index (κ3) is 3.91. The van der Waals surface area contributed by atoms with Crippen LogP contribution in [0, 0.1) is 5.82 Å². The molecule has 0 radical (unpaired) electrons. The van der Waals surface area contributed by atoms with Crippen molar-refractivity contribution in [1.29, 1.82) is 0 Å². The van der Waals surface area contributed by atoms with E-state index in [0.717, 1.165) is 19.4 Å². The Morgan fingerprint density at radius 1 is 1.60 bits per heavy atom. The highest BCUT2D eigenvalue weighted by Crippen LogP contribution is 2.20. The molecule has 110 valence electrons. The van der Waals surface area contributed by atoms with Gasteiger partial charge in [-0.3, -0.25) is 9.69 Å². The van der Waals surface area contributed by atoms with Gasteiger partial charge in [-0.15, -0.1) is 0 Å². The van der Waals surface area contributed by atoms with E-state index in [2.05, 4.69) is 5.32 Å². The summed E-state index contributed by atoms with van der Waals surface area (Å²) < 4.78 is 13.0. The van der Waals surface area contributed by atoms with Crippen LogP contribution in [0.15, 0.2) is 18.2 Å². The van der Waals surface area contributed by atoms with E-state index in [1.54, 1.807) is 6.92 Å². The van der Waals surface area contributed by atoms with E-state index in [9.17, 15) is 14.3 Å². The molecule has 2 rings (SSSR count). The second-order valence-corrected chi connectivity index (χ2v) is 5.60. The van der Waals surface area contributed by atoms with E-state index in [1.165, 1.54) is 18.2 Å². The lowest BCUT2D eigenvalue weighted by molar-refractivity contribution is -0.118. The molecule has 1 aromatic rings. The number of benzene rings is 1. The molecule has 1 amide bonds. The summed E-state index contributed by atoms with van der Waals surface area (Å²) >= 11 is 0. The molecule has 0 aromatic heterocycles. The number of nitrogen functional groups attached to an aromatic ring is 1. The molecule has 1 aliphatic rings. The van der Waals surface area contributed by atoms with Crippen molar-refractivity contribution in [3.05, 3.63) is 24.0 Å². The number of β-amino-alcohol motifs (C(OH)–C–C–N with tert-alkyl or cyclic N) is 1. The minimum Gasteiger partial charge on any atom is -0.396 e. The highest BCUT2D eigenvalue weighted by Gasteiger charge is 2.29. The molecule has 1 aliphatic heterocycles. The predicted octanol–water partition coefficient (Wildman–Crippen LogP) is 1.19. The largest absolute Gasteiger partial charge is 0.396 e. The highest BCUT2D eigenvalue weighted by molar-refractivity contribution is 5.92. The first kappa shape index (κ1) is 14.7. The Balaban J connectivity index is 1.90. The maximum absolute atomic E-state index is 13.0. The fraction of sp³-hybridized carbons (Fsp3) is 0.500. The number of likely N-dealkylation sites (tertiary alicyclic amines) is 1. The van der Waals surface area contributed by atoms with Crippen molar-refractivity contribution in [2.45, 2.75) is 25.4 Å². The summed E-state index contributed by atoms with van der Waals surface area (Å²) in [4.78, 5) is 13.8. The maximum Gasteiger partial charge on any atom is 0.238 e. The average Bonchev–Trinajstić information content (AvgIpc) is 2.32. The number of amides is 1. The topological polar surface area (TPSA) is 78.6 Å². The molecule has 1 fully saturated rings. The van der Waals surface area contributed by atoms with Gasteiger partial charge in [0.2, 0.25) is 5.91 Å². The van der Waals surface area contributed by atoms with E-state index in [4.69, 9.17) is 5.73 Å². The number of nitrogens with zero attached hydrogens (tertiary/aromatic N) is 1. The van der Waals surface area contributed by atoms with Gasteiger partial charge in [-0.2, -0.15) is 0 Å². The first-order chi connectivity index (χ1) is 9.35. The Morgan fingerprint density at radius 3 is 3.00 bits per heavy atom. The van der Waals surface area contributed by atoms with Crippen LogP contribution in [0.3, 0.4) is 0 Å². The van der Waals surface area contributed by atoms with Crippen molar-refractivity contribution in [3.8, 4) is 0 Å². The number of rotatable bonds is 3. The molecule has 20 heavy (non-hydrogen) atoms. The Bertz CT molecular complexity index is 505. The van der Waals surface area contributed by atoms with Gasteiger partial charge < -0.3 is 16.2 Å². The fourth-order valence-electron chi connectivity index (χ4n) is 2.48. The molecule has 5 nitrogen and oxygen atoms in total. The van der Waals surface area contributed by atoms with Gasteiger partial charge in [0.15, 0.2) is 0 Å². The molecule has 0 spiro atoms. The third-order valence-electron chi connectivity index (χ3n) is 3.40. The number of carbonyl (C=O) groups excluding carboxylic acids is 1. The number of hydrogen-bond donors (Lipinski definition) is 3. The van der Waals surface area contributed by atoms with Crippen LogP contribution in [0.5, 0.6) is 0 Å². The molecular weight excluding hydrogens is 261 g/mol. The third-order valence-corrected chi connectivity index (χ3v) is 3.40. The van der Waals surface area contributed by atoms with Gasteiger partial charge in [-0.05, 0) is 44.5 Å². The molecule has 1 heterocycles. The van der Waals surface area contributed by atoms with Crippen LogP contribution in [0.4, 0.5) is 15.8 Å². The SMILES string of the molecule is CC1(O)CCCN(CC(=O)Nc2ccc(F)c(N)c2)C1. The monoisotopic (exact) mass is 281 g/mol. The van der Waals surface area contributed by atoms with E-state index in [-0.39, 0.29) is 18.1 Å². The zero-order chi connectivity index (χ0) is 14.8. The van der Waals surface area contributed by atoms with Crippen LogP contribution in [-0.2, 0) is 4.79 Å². The lowest BCUT2D eigenvalue weighted by atomic mass is 9.95. The summed E-state index contributed by atoms with van der Waals surface area (Å²) in [6.07, 6.45) is 1.61. The number of carbonyl (C=O) groups is 1. The van der Waals surface area contributed by atoms with Crippen LogP contribution in [0.2, 0.25) is 0 Å². The van der Waals surface area contributed by atoms with Crippen LogP contribution in [-0.4, -0.2) is 41.1 Å². The molecule has 0 bridgehead atoms. The van der Waals surface area contributed by atoms with Gasteiger partial charge in [-0.25, -0.2) is 4.39 Å². The van der Waals surface area contributed by atoms with Gasteiger partial charge in [0.25, 0.3) is 0 Å². The van der Waals surface area contributed by atoms with Crippen LogP contribution in [0.25, 0.3) is 0 Å². The molecule has 1 aromatic carbocycles. The number of halogens is 1. The Hall–Kier alpha value is -1.66. The van der Waals surface area contributed by atoms with E-state index in [1.807, 2.05) is 4.90 Å². The van der Waals surface area contributed by atoms with Gasteiger partial charge in [0.1, 0.15) is 5.82 Å². The van der Waals surface area contributed by atoms with Crippen LogP contribution < -0.4 is 11.1 Å². The highest BCUT2D eigenvalue weighted by atomic mass is 19.1. The Morgan fingerprint density at radius 2 is 2.35 bits per heavy atom. The summed E-state index contributed by atoms with van der Waals surface area (Å²) in [5, 5.41) is 12.7. The van der Waals surface area contributed by atoms with Crippen LogP contribution in [0.1, 0.15) is 19.8 Å². The quantitative estimate of drug-likeness (QED) is 0.727. The van der Waals surface area contributed by atoms with E-state index in [0.29, 0.717) is 12.2 Å². The first-order valence-electron chi connectivity index (χ1n) is 6.65. The molecule has 0 saturated carbocycles. The zero-order valence-corrected chi connectivity index (χ0v) is 11.5. The number of nitrogens with two attached hydrogens (primary N) is 1. The molecule has 6 heteroatoms. The van der Waals surface area contributed by atoms with E-state index >= 15 is 0 Å². The number of hydrogen-bond acceptors (Lipinski definition) is 4. The number of piperidine rings is 1. The minimum absolute atomic E-state index is 0.00343. The summed E-state index contributed by atoms with van der Waals surface area (Å²) in [7, 11) is 0. The van der Waals surface area contributed by atoms with E-state index < -0.39 is 11.4 Å². The molecule has 4 N–H and O–H groups in total. The minimum atomic E-state index is -0.737. The standard InChI is InChI=1S/C14H20FN3O2/c1-14(20)5-2-6-18(9-14)8-13(19)17-10-3-4-11(15)12(16)7-10/h3-4,7,20H,2,5-6,8-9,16H2,1H3,(H,17,19). The first-order valence-corrected chi connectivity index (χ1v) is 6.65. The number of anilines is 2. The number of nitrogens with one attached hydrogen (secondary N) is 1. The summed E-state index contributed by atoms with van der Waals surface area (Å²) in [5.74, 6) is -0.705. The Kier molecular flexibility index (Phi) is 4.25. The van der Waals surface area contributed by atoms with Crippen molar-refractivity contribution < 1.29 is 14.3 Å². The zero-order valence-electron chi connectivity index (χ0n) is 11.5. The van der Waals surface area contributed by atoms with Crippen molar-refractivity contribution in [2.24, 2.45) is 0 Å². The molecule has 1 saturated heterocycles. The van der Waals surface area contributed by atoms with Crippen molar-refractivity contribution >= 4 is 17.3 Å². The van der Waals surface area contributed by atoms with Gasteiger partial charge in [0.05, 0.1) is 17.8 Å². The van der Waals surface area contributed by atoms with Crippen molar-refractivity contribution in [1.82, 2.24) is 4.90 Å².